The van der Waals surface area contributed by atoms with Crippen molar-refractivity contribution >= 4 is 10.0 Å². The molecule has 0 bridgehead atoms. The first-order chi connectivity index (χ1) is 8.87. The van der Waals surface area contributed by atoms with Gasteiger partial charge in [-0.2, -0.15) is 4.31 Å². The second-order valence-electron chi connectivity index (χ2n) is 5.10. The van der Waals surface area contributed by atoms with E-state index in [1.165, 1.54) is 0 Å². The third-order valence-corrected chi connectivity index (χ3v) is 5.58. The normalized spacial score (nSPS) is 25.7. The molecular weight excluding hydrogens is 264 g/mol. The van der Waals surface area contributed by atoms with Crippen molar-refractivity contribution in [3.63, 3.8) is 0 Å². The first-order valence-corrected chi connectivity index (χ1v) is 8.10. The molecule has 0 saturated carbocycles. The van der Waals surface area contributed by atoms with Gasteiger partial charge >= 0.3 is 0 Å². The molecule has 0 aromatic carbocycles. The molecule has 1 aliphatic rings. The molecule has 1 aromatic rings. The van der Waals surface area contributed by atoms with Gasteiger partial charge < -0.3 is 9.88 Å². The topological polar surface area (TPSA) is 67.2 Å². The number of imidazole rings is 1. The lowest BCUT2D eigenvalue weighted by Crippen LogP contribution is -2.57. The highest BCUT2D eigenvalue weighted by Crippen LogP contribution is 2.22. The van der Waals surface area contributed by atoms with Gasteiger partial charge in [-0.05, 0) is 27.7 Å². The number of nitrogens with zero attached hydrogens (tertiary/aromatic N) is 3. The molecule has 0 spiro atoms. The van der Waals surface area contributed by atoms with E-state index in [2.05, 4.69) is 10.3 Å². The number of aryl methyl sites for hydroxylation is 2. The summed E-state index contributed by atoms with van der Waals surface area (Å²) in [6.45, 7) is 9.72. The van der Waals surface area contributed by atoms with Gasteiger partial charge in [0, 0.05) is 37.9 Å². The van der Waals surface area contributed by atoms with Crippen LogP contribution in [0, 0.1) is 6.92 Å². The summed E-state index contributed by atoms with van der Waals surface area (Å²) in [5, 5.41) is 3.39. The summed E-state index contributed by atoms with van der Waals surface area (Å²) in [6.07, 6.45) is 1.63. The molecule has 2 heterocycles. The van der Waals surface area contributed by atoms with Gasteiger partial charge in [0.2, 0.25) is 0 Å². The van der Waals surface area contributed by atoms with Crippen LogP contribution in [-0.2, 0) is 16.6 Å². The first kappa shape index (κ1) is 14.5. The molecular formula is C12H22N4O2S. The fourth-order valence-corrected chi connectivity index (χ4v) is 4.44. The highest BCUT2D eigenvalue weighted by Gasteiger charge is 2.37. The zero-order chi connectivity index (χ0) is 14.2. The maximum Gasteiger partial charge on any atom is 0.262 e. The minimum absolute atomic E-state index is 0.0548. The lowest BCUT2D eigenvalue weighted by atomic mass is 10.2. The molecule has 108 valence electrons. The lowest BCUT2D eigenvalue weighted by Gasteiger charge is -2.37. The number of rotatable bonds is 3. The molecule has 6 nitrogen and oxygen atoms in total. The molecule has 19 heavy (non-hydrogen) atoms. The summed E-state index contributed by atoms with van der Waals surface area (Å²) in [6, 6.07) is -0.110. The highest BCUT2D eigenvalue weighted by molar-refractivity contribution is 7.89. The van der Waals surface area contributed by atoms with Crippen LogP contribution in [0.5, 0.6) is 0 Å². The Kier molecular flexibility index (Phi) is 3.98. The van der Waals surface area contributed by atoms with E-state index in [-0.39, 0.29) is 17.1 Å². The Morgan fingerprint density at radius 1 is 1.37 bits per heavy atom. The predicted octanol–water partition coefficient (Wildman–Crippen LogP) is 0.582. The van der Waals surface area contributed by atoms with Crippen LogP contribution in [0.2, 0.25) is 0 Å². The number of piperazine rings is 1. The second kappa shape index (κ2) is 5.22. The molecule has 0 aliphatic carbocycles. The van der Waals surface area contributed by atoms with Crippen molar-refractivity contribution in [2.75, 3.05) is 13.1 Å². The van der Waals surface area contributed by atoms with Crippen molar-refractivity contribution in [2.24, 2.45) is 0 Å². The molecule has 1 aromatic heterocycles. The van der Waals surface area contributed by atoms with Gasteiger partial charge in [0.25, 0.3) is 10.0 Å². The third kappa shape index (κ3) is 2.54. The van der Waals surface area contributed by atoms with Gasteiger partial charge in [0.1, 0.15) is 5.82 Å². The fourth-order valence-electron chi connectivity index (χ4n) is 2.62. The average molecular weight is 286 g/mol. The van der Waals surface area contributed by atoms with Crippen molar-refractivity contribution in [3.8, 4) is 0 Å². The quantitative estimate of drug-likeness (QED) is 0.883. The highest BCUT2D eigenvalue weighted by atomic mass is 32.2. The Morgan fingerprint density at radius 3 is 2.42 bits per heavy atom. The van der Waals surface area contributed by atoms with Crippen molar-refractivity contribution < 1.29 is 8.42 Å². The smallest absolute Gasteiger partial charge is 0.262 e. The predicted molar refractivity (Wildman–Crippen MR) is 73.5 cm³/mol. The van der Waals surface area contributed by atoms with Crippen LogP contribution in [-0.4, -0.2) is 47.4 Å². The standard InChI is InChI=1S/C12H22N4O2S/c1-5-15-8-12(14-11(15)4)19(17,18)16-9(2)6-13-7-10(16)3/h8-10,13H,5-7H2,1-4H3. The van der Waals surface area contributed by atoms with Crippen molar-refractivity contribution in [1.29, 1.82) is 0 Å². The average Bonchev–Trinajstić information content (AvgIpc) is 2.70. The van der Waals surface area contributed by atoms with E-state index in [0.29, 0.717) is 13.1 Å². The molecule has 1 fully saturated rings. The van der Waals surface area contributed by atoms with E-state index in [4.69, 9.17) is 0 Å². The lowest BCUT2D eigenvalue weighted by molar-refractivity contribution is 0.219. The fraction of sp³-hybridized carbons (Fsp3) is 0.750. The van der Waals surface area contributed by atoms with Gasteiger partial charge in [-0.3, -0.25) is 0 Å². The number of hydrogen-bond acceptors (Lipinski definition) is 4. The summed E-state index contributed by atoms with van der Waals surface area (Å²) >= 11 is 0. The van der Waals surface area contributed by atoms with E-state index < -0.39 is 10.0 Å². The van der Waals surface area contributed by atoms with Gasteiger partial charge in [0.15, 0.2) is 5.03 Å². The minimum Gasteiger partial charge on any atom is -0.334 e. The van der Waals surface area contributed by atoms with Gasteiger partial charge in [0.05, 0.1) is 0 Å². The van der Waals surface area contributed by atoms with E-state index in [1.54, 1.807) is 10.5 Å². The summed E-state index contributed by atoms with van der Waals surface area (Å²) in [7, 11) is -3.51. The van der Waals surface area contributed by atoms with E-state index >= 15 is 0 Å². The zero-order valence-corrected chi connectivity index (χ0v) is 12.7. The number of nitrogens with one attached hydrogen (secondary N) is 1. The Hall–Kier alpha value is -0.920. The van der Waals surface area contributed by atoms with Crippen molar-refractivity contribution in [1.82, 2.24) is 19.2 Å². The second-order valence-corrected chi connectivity index (χ2v) is 6.89. The molecule has 2 rings (SSSR count). The van der Waals surface area contributed by atoms with Crippen LogP contribution in [0.15, 0.2) is 11.2 Å². The van der Waals surface area contributed by atoms with Crippen LogP contribution >= 0.6 is 0 Å². The Bertz CT molecular complexity index is 542. The van der Waals surface area contributed by atoms with Crippen LogP contribution < -0.4 is 5.32 Å². The minimum atomic E-state index is -3.51. The molecule has 0 amide bonds. The number of hydrogen-bond donors (Lipinski definition) is 1. The Balaban J connectivity index is 2.40. The molecule has 1 N–H and O–H groups in total. The van der Waals surface area contributed by atoms with Crippen molar-refractivity contribution in [3.05, 3.63) is 12.0 Å². The summed E-state index contributed by atoms with van der Waals surface area (Å²) < 4.78 is 28.8. The first-order valence-electron chi connectivity index (χ1n) is 6.66. The molecule has 2 atom stereocenters. The summed E-state index contributed by atoms with van der Waals surface area (Å²) in [4.78, 5) is 4.21. The Morgan fingerprint density at radius 2 is 1.95 bits per heavy atom. The van der Waals surface area contributed by atoms with Crippen LogP contribution in [0.3, 0.4) is 0 Å². The van der Waals surface area contributed by atoms with E-state index in [9.17, 15) is 8.42 Å². The molecule has 7 heteroatoms. The van der Waals surface area contributed by atoms with Crippen molar-refractivity contribution in [2.45, 2.75) is 51.3 Å². The third-order valence-electron chi connectivity index (χ3n) is 3.58. The largest absolute Gasteiger partial charge is 0.334 e. The van der Waals surface area contributed by atoms with Gasteiger partial charge in [-0.15, -0.1) is 0 Å². The van der Waals surface area contributed by atoms with E-state index in [0.717, 1.165) is 12.4 Å². The molecule has 1 saturated heterocycles. The SMILES string of the molecule is CCn1cc(S(=O)(=O)N2C(C)CNCC2C)nc1C. The Labute approximate surface area is 114 Å². The maximum atomic E-state index is 12.7. The monoisotopic (exact) mass is 286 g/mol. The summed E-state index contributed by atoms with van der Waals surface area (Å²) in [5.41, 5.74) is 0. The molecule has 0 radical (unpaired) electrons. The summed E-state index contributed by atoms with van der Waals surface area (Å²) in [5.74, 6) is 0.733. The van der Waals surface area contributed by atoms with Crippen LogP contribution in [0.1, 0.15) is 26.6 Å². The number of aromatic nitrogens is 2. The van der Waals surface area contributed by atoms with Gasteiger partial charge in [-0.25, -0.2) is 13.4 Å². The van der Waals surface area contributed by atoms with E-state index in [1.807, 2.05) is 32.3 Å². The van der Waals surface area contributed by atoms with Crippen LogP contribution in [0.4, 0.5) is 0 Å². The maximum absolute atomic E-state index is 12.7. The number of sulfonamides is 1. The van der Waals surface area contributed by atoms with Crippen LogP contribution in [0.25, 0.3) is 0 Å². The zero-order valence-electron chi connectivity index (χ0n) is 11.9. The molecule has 2 unspecified atom stereocenters. The molecule has 1 aliphatic heterocycles. The van der Waals surface area contributed by atoms with Gasteiger partial charge in [-0.1, -0.05) is 0 Å².